The number of nitrogens with two attached hydrogens (primary N) is 1. The Labute approximate surface area is 110 Å². The number of allylic oxidation sites excluding steroid dienone is 5. The van der Waals surface area contributed by atoms with E-state index in [1.165, 1.54) is 5.57 Å². The van der Waals surface area contributed by atoms with Gasteiger partial charge < -0.3 is 10.9 Å². The van der Waals surface area contributed by atoms with Gasteiger partial charge in [0.25, 0.3) is 0 Å². The second kappa shape index (κ2) is 4.28. The lowest BCUT2D eigenvalue weighted by molar-refractivity contribution is 0.313. The predicted molar refractivity (Wildman–Crippen MR) is 71.8 cm³/mol. The van der Waals surface area contributed by atoms with E-state index in [-0.39, 0.29) is 17.7 Å². The van der Waals surface area contributed by atoms with Crippen molar-refractivity contribution in [3.05, 3.63) is 34.5 Å². The van der Waals surface area contributed by atoms with Crippen LogP contribution in [-0.4, -0.2) is 16.8 Å². The first-order valence-electron chi connectivity index (χ1n) is 6.05. The minimum absolute atomic E-state index is 0.0579. The van der Waals surface area contributed by atoms with Gasteiger partial charge in [-0.15, -0.1) is 0 Å². The van der Waals surface area contributed by atoms with Crippen LogP contribution in [0.15, 0.2) is 44.7 Å². The van der Waals surface area contributed by atoms with Crippen molar-refractivity contribution in [1.29, 1.82) is 0 Å². The van der Waals surface area contributed by atoms with Crippen LogP contribution in [0, 0.1) is 11.8 Å². The van der Waals surface area contributed by atoms with Crippen molar-refractivity contribution in [2.75, 3.05) is 0 Å². The van der Waals surface area contributed by atoms with E-state index < -0.39 is 0 Å². The SMILES string of the molecule is NC(=NO)[C@@H]1CCCC2=C1N=C1C=CC(Cl)=C[C@@H]12. The lowest BCUT2D eigenvalue weighted by atomic mass is 9.81. The number of oxime groups is 1. The highest BCUT2D eigenvalue weighted by molar-refractivity contribution is 6.32. The maximum atomic E-state index is 8.85. The molecule has 3 aliphatic rings. The Morgan fingerprint density at radius 3 is 3.11 bits per heavy atom. The Hall–Kier alpha value is -1.55. The highest BCUT2D eigenvalue weighted by Gasteiger charge is 2.36. The zero-order valence-electron chi connectivity index (χ0n) is 9.81. The number of nitrogens with zero attached hydrogens (tertiary/aromatic N) is 2. The zero-order chi connectivity index (χ0) is 12.7. The maximum Gasteiger partial charge on any atom is 0.148 e. The third-order valence-electron chi connectivity index (χ3n) is 3.75. The van der Waals surface area contributed by atoms with Gasteiger partial charge in [-0.1, -0.05) is 22.8 Å². The molecule has 0 radical (unpaired) electrons. The minimum atomic E-state index is -0.0579. The summed E-state index contributed by atoms with van der Waals surface area (Å²) in [5, 5.41) is 12.7. The number of amidine groups is 1. The molecule has 1 heterocycles. The molecule has 5 heteroatoms. The fraction of sp³-hybridized carbons (Fsp3) is 0.385. The highest BCUT2D eigenvalue weighted by Crippen LogP contribution is 2.42. The largest absolute Gasteiger partial charge is 0.409 e. The first kappa shape index (κ1) is 11.5. The molecule has 18 heavy (non-hydrogen) atoms. The Kier molecular flexibility index (Phi) is 2.74. The molecule has 3 rings (SSSR count). The van der Waals surface area contributed by atoms with E-state index in [0.717, 1.165) is 35.7 Å². The topological polar surface area (TPSA) is 71.0 Å². The van der Waals surface area contributed by atoms with Gasteiger partial charge in [0, 0.05) is 11.0 Å². The third-order valence-corrected chi connectivity index (χ3v) is 4.01. The molecule has 0 aromatic carbocycles. The van der Waals surface area contributed by atoms with Crippen LogP contribution in [0.3, 0.4) is 0 Å². The van der Waals surface area contributed by atoms with Crippen LogP contribution >= 0.6 is 11.6 Å². The van der Waals surface area contributed by atoms with Gasteiger partial charge >= 0.3 is 0 Å². The third kappa shape index (κ3) is 1.68. The summed E-state index contributed by atoms with van der Waals surface area (Å²) >= 11 is 6.05. The average Bonchev–Trinajstić information content (AvgIpc) is 2.75. The summed E-state index contributed by atoms with van der Waals surface area (Å²) in [4.78, 5) is 4.65. The first-order valence-corrected chi connectivity index (χ1v) is 6.43. The summed E-state index contributed by atoms with van der Waals surface area (Å²) in [5.41, 5.74) is 9.02. The summed E-state index contributed by atoms with van der Waals surface area (Å²) in [7, 11) is 0. The molecule has 0 aromatic rings. The summed E-state index contributed by atoms with van der Waals surface area (Å²) in [6, 6.07) is 0. The quantitative estimate of drug-likeness (QED) is 0.330. The van der Waals surface area contributed by atoms with E-state index in [4.69, 9.17) is 22.5 Å². The van der Waals surface area contributed by atoms with Crippen molar-refractivity contribution < 1.29 is 5.21 Å². The van der Waals surface area contributed by atoms with Crippen molar-refractivity contribution in [2.24, 2.45) is 27.7 Å². The summed E-state index contributed by atoms with van der Waals surface area (Å²) in [5.74, 6) is 0.383. The van der Waals surface area contributed by atoms with E-state index in [0.29, 0.717) is 0 Å². The zero-order valence-corrected chi connectivity index (χ0v) is 10.6. The number of hydrogen-bond acceptors (Lipinski definition) is 3. The molecule has 2 atom stereocenters. The molecule has 0 fully saturated rings. The molecule has 3 N–H and O–H groups in total. The number of hydrogen-bond donors (Lipinski definition) is 2. The van der Waals surface area contributed by atoms with Crippen LogP contribution in [-0.2, 0) is 0 Å². The van der Waals surface area contributed by atoms with Crippen LogP contribution in [0.2, 0.25) is 0 Å². The summed E-state index contributed by atoms with van der Waals surface area (Å²) in [6.45, 7) is 0. The Bertz CT molecular complexity index is 542. The van der Waals surface area contributed by atoms with Crippen molar-refractivity contribution >= 4 is 23.1 Å². The monoisotopic (exact) mass is 263 g/mol. The van der Waals surface area contributed by atoms with E-state index in [1.807, 2.05) is 18.2 Å². The minimum Gasteiger partial charge on any atom is -0.409 e. The van der Waals surface area contributed by atoms with Crippen molar-refractivity contribution in [3.63, 3.8) is 0 Å². The molecule has 0 amide bonds. The maximum absolute atomic E-state index is 8.85. The van der Waals surface area contributed by atoms with Gasteiger partial charge in [-0.2, -0.15) is 0 Å². The van der Waals surface area contributed by atoms with Crippen molar-refractivity contribution in [2.45, 2.75) is 19.3 Å². The van der Waals surface area contributed by atoms with Crippen LogP contribution in [0.1, 0.15) is 19.3 Å². The first-order chi connectivity index (χ1) is 8.70. The fourth-order valence-electron chi connectivity index (χ4n) is 2.90. The number of aliphatic imine (C=N–C) groups is 1. The molecule has 0 bridgehead atoms. The molecule has 0 saturated heterocycles. The van der Waals surface area contributed by atoms with Gasteiger partial charge in [0.15, 0.2) is 0 Å². The van der Waals surface area contributed by atoms with Crippen LogP contribution in [0.5, 0.6) is 0 Å². The van der Waals surface area contributed by atoms with Crippen LogP contribution < -0.4 is 5.73 Å². The second-order valence-corrected chi connectivity index (χ2v) is 5.22. The molecule has 2 aliphatic carbocycles. The van der Waals surface area contributed by atoms with E-state index in [2.05, 4.69) is 10.1 Å². The van der Waals surface area contributed by atoms with Gasteiger partial charge in [0.2, 0.25) is 0 Å². The van der Waals surface area contributed by atoms with E-state index >= 15 is 0 Å². The van der Waals surface area contributed by atoms with Gasteiger partial charge in [-0.05, 0) is 37.0 Å². The molecule has 1 aliphatic heterocycles. The molecule has 0 unspecified atom stereocenters. The number of rotatable bonds is 1. The van der Waals surface area contributed by atoms with Gasteiger partial charge in [-0.25, -0.2) is 0 Å². The smallest absolute Gasteiger partial charge is 0.148 e. The highest BCUT2D eigenvalue weighted by atomic mass is 35.5. The molecule has 0 spiro atoms. The summed E-state index contributed by atoms with van der Waals surface area (Å²) < 4.78 is 0. The van der Waals surface area contributed by atoms with Crippen molar-refractivity contribution in [3.8, 4) is 0 Å². The Balaban J connectivity index is 2.03. The number of halogens is 1. The molecule has 4 nitrogen and oxygen atoms in total. The molecule has 0 aromatic heterocycles. The van der Waals surface area contributed by atoms with Crippen LogP contribution in [0.4, 0.5) is 0 Å². The molecular formula is C13H14ClN3O. The Morgan fingerprint density at radius 1 is 1.50 bits per heavy atom. The second-order valence-electron chi connectivity index (χ2n) is 4.78. The fourth-order valence-corrected chi connectivity index (χ4v) is 3.09. The molecule has 0 saturated carbocycles. The molecule has 94 valence electrons. The average molecular weight is 264 g/mol. The van der Waals surface area contributed by atoms with Gasteiger partial charge in [0.1, 0.15) is 5.84 Å². The van der Waals surface area contributed by atoms with Crippen molar-refractivity contribution in [1.82, 2.24) is 0 Å². The number of fused-ring (bicyclic) bond motifs is 2. The molecular weight excluding hydrogens is 250 g/mol. The standard InChI is InChI=1S/C13H14ClN3O/c14-7-4-5-11-10(6-7)8-2-1-3-9(12(8)16-11)13(15)17-18/h4-6,9-10,18H,1-3H2,(H2,15,17)/t9-,10-/m1/s1. The van der Waals surface area contributed by atoms with Gasteiger partial charge in [0.05, 0.1) is 17.3 Å². The van der Waals surface area contributed by atoms with Gasteiger partial charge in [-0.3, -0.25) is 4.99 Å². The Morgan fingerprint density at radius 2 is 2.33 bits per heavy atom. The van der Waals surface area contributed by atoms with Crippen LogP contribution in [0.25, 0.3) is 0 Å². The lowest BCUT2D eigenvalue weighted by Crippen LogP contribution is -2.27. The normalized spacial score (nSPS) is 30.8. The predicted octanol–water partition coefficient (Wildman–Crippen LogP) is 2.55. The van der Waals surface area contributed by atoms with E-state index in [1.54, 1.807) is 0 Å². The summed E-state index contributed by atoms with van der Waals surface area (Å²) in [6.07, 6.45) is 8.77. The van der Waals surface area contributed by atoms with E-state index in [9.17, 15) is 0 Å². The lowest BCUT2D eigenvalue weighted by Gasteiger charge is -2.24.